The Morgan fingerprint density at radius 2 is 1.54 bits per heavy atom. The first-order valence-corrected chi connectivity index (χ1v) is 13.2. The Kier molecular flexibility index (Phi) is 8.32. The maximum atomic E-state index is 13.9. The highest BCUT2D eigenvalue weighted by Crippen LogP contribution is 2.25. The van der Waals surface area contributed by atoms with Gasteiger partial charge >= 0.3 is 0 Å². The quantitative estimate of drug-likeness (QED) is 0.446. The van der Waals surface area contributed by atoms with Crippen molar-refractivity contribution in [3.05, 3.63) is 101 Å². The molecule has 0 aliphatic carbocycles. The number of fused-ring (bicyclic) bond motifs is 1. The summed E-state index contributed by atoms with van der Waals surface area (Å²) in [5.41, 5.74) is 3.61. The average Bonchev–Trinajstić information content (AvgIpc) is 2.90. The summed E-state index contributed by atoms with van der Waals surface area (Å²) >= 11 is 0. The molecule has 4 rings (SSSR count). The molecule has 0 aromatic heterocycles. The SMILES string of the molecule is CN1CCCCN(C(=O)c2ccc(C(C)(C)C)cc2)[C@@H](Cc2ccccc2)COc2ccccc2C1=O. The second kappa shape index (κ2) is 11.6. The van der Waals surface area contributed by atoms with Gasteiger partial charge in [-0.15, -0.1) is 0 Å². The van der Waals surface area contributed by atoms with Gasteiger partial charge in [0.15, 0.2) is 0 Å². The van der Waals surface area contributed by atoms with Crippen molar-refractivity contribution in [3.63, 3.8) is 0 Å². The van der Waals surface area contributed by atoms with Crippen LogP contribution in [0.3, 0.4) is 0 Å². The van der Waals surface area contributed by atoms with Crippen LogP contribution >= 0.6 is 0 Å². The number of amides is 2. The molecular formula is C32H38N2O3. The Morgan fingerprint density at radius 1 is 0.892 bits per heavy atom. The minimum Gasteiger partial charge on any atom is -0.491 e. The minimum atomic E-state index is -0.183. The van der Waals surface area contributed by atoms with Crippen LogP contribution in [0, 0.1) is 0 Å². The monoisotopic (exact) mass is 498 g/mol. The van der Waals surface area contributed by atoms with Crippen LogP contribution in [0.4, 0.5) is 0 Å². The summed E-state index contributed by atoms with van der Waals surface area (Å²) in [6.45, 7) is 8.05. The second-order valence-corrected chi connectivity index (χ2v) is 10.9. The van der Waals surface area contributed by atoms with E-state index >= 15 is 0 Å². The number of hydrogen-bond donors (Lipinski definition) is 0. The summed E-state index contributed by atoms with van der Waals surface area (Å²) < 4.78 is 6.30. The molecule has 1 aliphatic heterocycles. The molecule has 0 N–H and O–H groups in total. The van der Waals surface area contributed by atoms with Gasteiger partial charge in [-0.05, 0) is 60.1 Å². The molecule has 1 atom stereocenters. The first kappa shape index (κ1) is 26.5. The lowest BCUT2D eigenvalue weighted by atomic mass is 9.86. The molecule has 3 aromatic rings. The third-order valence-electron chi connectivity index (χ3n) is 7.05. The van der Waals surface area contributed by atoms with Crippen LogP contribution in [-0.4, -0.2) is 54.4 Å². The zero-order valence-corrected chi connectivity index (χ0v) is 22.4. The predicted molar refractivity (Wildman–Crippen MR) is 148 cm³/mol. The van der Waals surface area contributed by atoms with Crippen molar-refractivity contribution in [2.75, 3.05) is 26.7 Å². The Bertz CT molecular complexity index is 1200. The number of carbonyl (C=O) groups is 2. The van der Waals surface area contributed by atoms with Gasteiger partial charge in [0.05, 0.1) is 11.6 Å². The summed E-state index contributed by atoms with van der Waals surface area (Å²) in [7, 11) is 1.82. The van der Waals surface area contributed by atoms with Crippen molar-refractivity contribution < 1.29 is 14.3 Å². The summed E-state index contributed by atoms with van der Waals surface area (Å²) in [5.74, 6) is 0.530. The second-order valence-electron chi connectivity index (χ2n) is 10.9. The maximum absolute atomic E-state index is 13.9. The largest absolute Gasteiger partial charge is 0.491 e. The van der Waals surface area contributed by atoms with Crippen molar-refractivity contribution >= 4 is 11.8 Å². The van der Waals surface area contributed by atoms with Crippen LogP contribution in [0.1, 0.15) is 65.5 Å². The molecule has 0 saturated heterocycles. The van der Waals surface area contributed by atoms with E-state index in [-0.39, 0.29) is 23.3 Å². The Labute approximate surface area is 221 Å². The number of benzene rings is 3. The minimum absolute atomic E-state index is 0.0137. The van der Waals surface area contributed by atoms with Crippen molar-refractivity contribution in [2.45, 2.75) is 51.5 Å². The highest BCUT2D eigenvalue weighted by atomic mass is 16.5. The zero-order chi connectivity index (χ0) is 26.4. The number of rotatable bonds is 3. The highest BCUT2D eigenvalue weighted by molar-refractivity contribution is 5.97. The van der Waals surface area contributed by atoms with Crippen LogP contribution in [0.2, 0.25) is 0 Å². The van der Waals surface area contributed by atoms with Crippen molar-refractivity contribution in [2.24, 2.45) is 0 Å². The number of hydrogen-bond acceptors (Lipinski definition) is 3. The molecule has 1 aliphatic rings. The van der Waals surface area contributed by atoms with Gasteiger partial charge in [0.1, 0.15) is 12.4 Å². The van der Waals surface area contributed by atoms with Gasteiger partial charge < -0.3 is 14.5 Å². The van der Waals surface area contributed by atoms with Crippen LogP contribution in [0.5, 0.6) is 5.75 Å². The van der Waals surface area contributed by atoms with Crippen LogP contribution in [-0.2, 0) is 11.8 Å². The molecule has 1 heterocycles. The third-order valence-corrected chi connectivity index (χ3v) is 7.05. The fraction of sp³-hybridized carbons (Fsp3) is 0.375. The molecular weight excluding hydrogens is 460 g/mol. The van der Waals surface area contributed by atoms with E-state index in [1.54, 1.807) is 4.90 Å². The first-order chi connectivity index (χ1) is 17.7. The molecule has 0 radical (unpaired) electrons. The van der Waals surface area contributed by atoms with Crippen molar-refractivity contribution in [1.82, 2.24) is 9.80 Å². The molecule has 0 fully saturated rings. The number of nitrogens with zero attached hydrogens (tertiary/aromatic N) is 2. The molecule has 194 valence electrons. The van der Waals surface area contributed by atoms with E-state index in [9.17, 15) is 9.59 Å². The van der Waals surface area contributed by atoms with E-state index in [4.69, 9.17) is 4.74 Å². The van der Waals surface area contributed by atoms with Gasteiger partial charge in [-0.2, -0.15) is 0 Å². The average molecular weight is 499 g/mol. The number of ether oxygens (including phenoxy) is 1. The molecule has 2 amide bonds. The zero-order valence-electron chi connectivity index (χ0n) is 22.4. The van der Waals surface area contributed by atoms with Gasteiger partial charge in [0.2, 0.25) is 0 Å². The summed E-state index contributed by atoms with van der Waals surface area (Å²) in [4.78, 5) is 30.7. The molecule has 5 nitrogen and oxygen atoms in total. The molecule has 0 saturated carbocycles. The Hall–Kier alpha value is -3.60. The lowest BCUT2D eigenvalue weighted by Gasteiger charge is -2.33. The van der Waals surface area contributed by atoms with E-state index in [1.807, 2.05) is 66.5 Å². The normalized spacial score (nSPS) is 17.3. The van der Waals surface area contributed by atoms with Gasteiger partial charge in [-0.25, -0.2) is 0 Å². The van der Waals surface area contributed by atoms with Crippen molar-refractivity contribution in [1.29, 1.82) is 0 Å². The van der Waals surface area contributed by atoms with Gasteiger partial charge in [0.25, 0.3) is 11.8 Å². The van der Waals surface area contributed by atoms with E-state index in [2.05, 4.69) is 45.0 Å². The molecule has 0 spiro atoms. The topological polar surface area (TPSA) is 49.9 Å². The standard InChI is InChI=1S/C32H38N2O3/c1-32(2,3)26-18-16-25(17-19-26)30(35)34-21-11-10-20-33(4)31(36)28-14-8-9-15-29(28)37-23-27(34)22-24-12-6-5-7-13-24/h5-9,12-19,27H,10-11,20-23H2,1-4H3/t27-/m0/s1. The Balaban J connectivity index is 1.68. The lowest BCUT2D eigenvalue weighted by molar-refractivity contribution is 0.0590. The van der Waals surface area contributed by atoms with Crippen LogP contribution < -0.4 is 4.74 Å². The van der Waals surface area contributed by atoms with Crippen molar-refractivity contribution in [3.8, 4) is 5.75 Å². The fourth-order valence-electron chi connectivity index (χ4n) is 4.77. The van der Waals surface area contributed by atoms with Crippen LogP contribution in [0.25, 0.3) is 0 Å². The van der Waals surface area contributed by atoms with E-state index in [0.29, 0.717) is 43.0 Å². The molecule has 3 aromatic carbocycles. The first-order valence-electron chi connectivity index (χ1n) is 13.2. The van der Waals surface area contributed by atoms with Gasteiger partial charge in [-0.1, -0.05) is 75.4 Å². The van der Waals surface area contributed by atoms with Crippen LogP contribution in [0.15, 0.2) is 78.9 Å². The maximum Gasteiger partial charge on any atom is 0.257 e. The predicted octanol–water partition coefficient (Wildman–Crippen LogP) is 5.98. The third kappa shape index (κ3) is 6.59. The van der Waals surface area contributed by atoms with Gasteiger partial charge in [0, 0.05) is 25.7 Å². The molecule has 37 heavy (non-hydrogen) atoms. The number of carbonyl (C=O) groups excluding carboxylic acids is 2. The summed E-state index contributed by atoms with van der Waals surface area (Å²) in [6, 6.07) is 25.4. The smallest absolute Gasteiger partial charge is 0.257 e. The summed E-state index contributed by atoms with van der Waals surface area (Å²) in [6.07, 6.45) is 2.29. The number of para-hydroxylation sites is 1. The fourth-order valence-corrected chi connectivity index (χ4v) is 4.77. The highest BCUT2D eigenvalue weighted by Gasteiger charge is 2.28. The molecule has 5 heteroatoms. The van der Waals surface area contributed by atoms with E-state index in [0.717, 1.165) is 18.4 Å². The van der Waals surface area contributed by atoms with Gasteiger partial charge in [-0.3, -0.25) is 9.59 Å². The molecule has 0 unspecified atom stereocenters. The Morgan fingerprint density at radius 3 is 2.24 bits per heavy atom. The lowest BCUT2D eigenvalue weighted by Crippen LogP contribution is -2.46. The summed E-state index contributed by atoms with van der Waals surface area (Å²) in [5, 5.41) is 0. The van der Waals surface area contributed by atoms with E-state index in [1.165, 1.54) is 5.56 Å². The van der Waals surface area contributed by atoms with E-state index < -0.39 is 0 Å². The molecule has 0 bridgehead atoms.